The van der Waals surface area contributed by atoms with Gasteiger partial charge in [0.1, 0.15) is 17.2 Å². The summed E-state index contributed by atoms with van der Waals surface area (Å²) in [6.45, 7) is 1.49. The van der Waals surface area contributed by atoms with Crippen LogP contribution in [0, 0.1) is 11.8 Å². The summed E-state index contributed by atoms with van der Waals surface area (Å²) >= 11 is 0. The van der Waals surface area contributed by atoms with Crippen molar-refractivity contribution >= 4 is 16.8 Å². The Hall–Kier alpha value is -4.17. The summed E-state index contributed by atoms with van der Waals surface area (Å²) < 4.78 is 12.3. The van der Waals surface area contributed by atoms with Crippen molar-refractivity contribution in [2.75, 3.05) is 19.6 Å². The van der Waals surface area contributed by atoms with Crippen molar-refractivity contribution in [3.05, 3.63) is 84.1 Å². The van der Waals surface area contributed by atoms with Gasteiger partial charge in [-0.05, 0) is 53.9 Å². The highest BCUT2D eigenvalue weighted by molar-refractivity contribution is 6.01. The van der Waals surface area contributed by atoms with Crippen molar-refractivity contribution < 1.29 is 14.3 Å². The van der Waals surface area contributed by atoms with Crippen LogP contribution in [0.1, 0.15) is 18.2 Å². The number of benzene rings is 3. The number of amides is 1. The highest BCUT2D eigenvalue weighted by atomic mass is 16.5. The van der Waals surface area contributed by atoms with Gasteiger partial charge >= 0.3 is 0 Å². The van der Waals surface area contributed by atoms with Crippen LogP contribution < -0.4 is 14.9 Å². The minimum atomic E-state index is -0.172. The lowest BCUT2D eigenvalue weighted by Crippen LogP contribution is -2.21. The van der Waals surface area contributed by atoms with Gasteiger partial charge in [-0.15, -0.1) is 0 Å². The molecule has 1 amide bonds. The molecule has 5 heteroatoms. The molecule has 0 saturated carbocycles. The fraction of sp³-hybridized carbons (Fsp3) is 0.115. The topological polar surface area (TPSA) is 52.5 Å². The summed E-state index contributed by atoms with van der Waals surface area (Å²) in [5.74, 6) is 7.88. The van der Waals surface area contributed by atoms with Crippen LogP contribution in [0.15, 0.2) is 72.8 Å². The minimum absolute atomic E-state index is 0.172. The first-order chi connectivity index (χ1) is 15.1. The average molecular weight is 410 g/mol. The molecule has 31 heavy (non-hydrogen) atoms. The molecule has 0 aliphatic heterocycles. The Labute approximate surface area is 181 Å². The van der Waals surface area contributed by atoms with Crippen molar-refractivity contribution in [3.8, 4) is 34.5 Å². The third-order valence-corrected chi connectivity index (χ3v) is 4.94. The zero-order valence-electron chi connectivity index (χ0n) is 17.6. The van der Waals surface area contributed by atoms with E-state index in [2.05, 4.69) is 17.3 Å². The molecule has 5 nitrogen and oxygen atoms in total. The van der Waals surface area contributed by atoms with Crippen LogP contribution in [0.3, 0.4) is 0 Å². The summed E-state index contributed by atoms with van der Waals surface area (Å²) in [6.07, 6.45) is 0. The zero-order valence-corrected chi connectivity index (χ0v) is 17.6. The first-order valence-corrected chi connectivity index (χ1v) is 9.82. The van der Waals surface area contributed by atoms with Crippen molar-refractivity contribution in [2.24, 2.45) is 0 Å². The molecule has 0 spiro atoms. The van der Waals surface area contributed by atoms with Crippen LogP contribution in [-0.2, 0) is 4.79 Å². The molecule has 154 valence electrons. The Morgan fingerprint density at radius 3 is 2.06 bits per heavy atom. The quantitative estimate of drug-likeness (QED) is 0.491. The Morgan fingerprint density at radius 2 is 1.45 bits per heavy atom. The molecular formula is C26H22N2O3. The number of carbonyl (C=O) groups is 1. The molecule has 3 aromatic carbocycles. The van der Waals surface area contributed by atoms with Crippen LogP contribution in [0.2, 0.25) is 0 Å². The maximum absolute atomic E-state index is 12.0. The molecule has 0 radical (unpaired) electrons. The molecule has 1 heterocycles. The van der Waals surface area contributed by atoms with E-state index >= 15 is 0 Å². The molecule has 1 aromatic heterocycles. The minimum Gasteiger partial charge on any atom is -0.497 e. The summed E-state index contributed by atoms with van der Waals surface area (Å²) in [5, 5.41) is 1.00. The first kappa shape index (κ1) is 20.1. The number of methoxy groups -OCH3 is 2. The molecule has 4 aromatic rings. The van der Waals surface area contributed by atoms with Gasteiger partial charge < -0.3 is 9.47 Å². The maximum Gasteiger partial charge on any atom is 0.235 e. The number of ether oxygens (including phenoxy) is 2. The Morgan fingerprint density at radius 1 is 0.839 bits per heavy atom. The first-order valence-electron chi connectivity index (χ1n) is 9.82. The van der Waals surface area contributed by atoms with Gasteiger partial charge in [0.05, 0.1) is 19.7 Å². The van der Waals surface area contributed by atoms with Crippen molar-refractivity contribution in [3.63, 3.8) is 0 Å². The summed E-state index contributed by atoms with van der Waals surface area (Å²) in [6, 6.07) is 23.3. The highest BCUT2D eigenvalue weighted by Gasteiger charge is 2.18. The second-order valence-electron chi connectivity index (χ2n) is 6.95. The lowest BCUT2D eigenvalue weighted by atomic mass is 10.0. The molecule has 0 bridgehead atoms. The summed E-state index contributed by atoms with van der Waals surface area (Å²) in [4.78, 5) is 12.0. The van der Waals surface area contributed by atoms with E-state index < -0.39 is 0 Å². The molecule has 0 unspecified atom stereocenters. The molecular weight excluding hydrogens is 388 g/mol. The van der Waals surface area contributed by atoms with Gasteiger partial charge in [0.15, 0.2) is 0 Å². The highest BCUT2D eigenvalue weighted by Crippen LogP contribution is 2.35. The average Bonchev–Trinajstić information content (AvgIpc) is 3.10. The van der Waals surface area contributed by atoms with Crippen LogP contribution in [0.5, 0.6) is 11.5 Å². The van der Waals surface area contributed by atoms with Gasteiger partial charge in [-0.1, -0.05) is 36.3 Å². The van der Waals surface area contributed by atoms with Crippen molar-refractivity contribution in [1.29, 1.82) is 0 Å². The monoisotopic (exact) mass is 410 g/mol. The Kier molecular flexibility index (Phi) is 5.63. The Bertz CT molecular complexity index is 1290. The number of rotatable bonds is 4. The fourth-order valence-corrected chi connectivity index (χ4v) is 3.49. The molecule has 0 saturated heterocycles. The number of nitrogens with zero attached hydrogens (tertiary/aromatic N) is 1. The molecule has 0 aliphatic rings. The van der Waals surface area contributed by atoms with Gasteiger partial charge in [0.2, 0.25) is 5.91 Å². The third-order valence-electron chi connectivity index (χ3n) is 4.94. The van der Waals surface area contributed by atoms with Crippen LogP contribution in [0.25, 0.3) is 22.0 Å². The number of hydrogen-bond donors (Lipinski definition) is 1. The molecule has 0 aliphatic carbocycles. The Balaban J connectivity index is 1.94. The normalized spacial score (nSPS) is 10.3. The van der Waals surface area contributed by atoms with E-state index in [0.29, 0.717) is 5.69 Å². The molecule has 0 atom stereocenters. The summed E-state index contributed by atoms with van der Waals surface area (Å²) in [7, 11) is 3.27. The van der Waals surface area contributed by atoms with Gasteiger partial charge in [-0.2, -0.15) is 0 Å². The molecule has 4 rings (SSSR count). The van der Waals surface area contributed by atoms with Gasteiger partial charge in [-0.25, -0.2) is 4.68 Å². The van der Waals surface area contributed by atoms with Gasteiger partial charge in [0.25, 0.3) is 0 Å². The number of carbonyl (C=O) groups excluding carboxylic acids is 1. The SMILES string of the molecule is COc1ccc(C#Cc2c(-c3ccc(OC)cc3)c3ccccc3n2NC(C)=O)cc1. The van der Waals surface area contributed by atoms with Crippen LogP contribution in [0.4, 0.5) is 0 Å². The predicted molar refractivity (Wildman–Crippen MR) is 123 cm³/mol. The zero-order chi connectivity index (χ0) is 21.8. The second kappa shape index (κ2) is 8.68. The number of aromatic nitrogens is 1. The van der Waals surface area contributed by atoms with Crippen molar-refractivity contribution in [1.82, 2.24) is 4.68 Å². The van der Waals surface area contributed by atoms with Gasteiger partial charge in [-0.3, -0.25) is 10.2 Å². The van der Waals surface area contributed by atoms with E-state index in [1.807, 2.05) is 72.8 Å². The molecule has 1 N–H and O–H groups in total. The van der Waals surface area contributed by atoms with Crippen LogP contribution in [-0.4, -0.2) is 24.8 Å². The number of hydrogen-bond acceptors (Lipinski definition) is 3. The smallest absolute Gasteiger partial charge is 0.235 e. The second-order valence-corrected chi connectivity index (χ2v) is 6.95. The lowest BCUT2D eigenvalue weighted by Gasteiger charge is -2.08. The van der Waals surface area contributed by atoms with E-state index in [1.165, 1.54) is 6.92 Å². The fourth-order valence-electron chi connectivity index (χ4n) is 3.49. The van der Waals surface area contributed by atoms with Crippen molar-refractivity contribution in [2.45, 2.75) is 6.92 Å². The van der Waals surface area contributed by atoms with Gasteiger partial charge in [0, 0.05) is 23.4 Å². The van der Waals surface area contributed by atoms with E-state index in [0.717, 1.165) is 39.1 Å². The van der Waals surface area contributed by atoms with Crippen LogP contribution >= 0.6 is 0 Å². The van der Waals surface area contributed by atoms with E-state index in [4.69, 9.17) is 9.47 Å². The summed E-state index contributed by atoms with van der Waals surface area (Å²) in [5.41, 5.74) is 7.28. The lowest BCUT2D eigenvalue weighted by molar-refractivity contribution is -0.115. The number of nitrogens with one attached hydrogen (secondary N) is 1. The standard InChI is InChI=1S/C26H22N2O3/c1-18(29)27-28-24-7-5-4-6-23(24)26(20-11-15-22(31-3)16-12-20)25(28)17-10-19-8-13-21(30-2)14-9-19/h4-9,11-16H,1-3H3,(H,27,29). The largest absolute Gasteiger partial charge is 0.497 e. The van der Waals surface area contributed by atoms with E-state index in [9.17, 15) is 4.79 Å². The number of para-hydroxylation sites is 1. The molecule has 0 fully saturated rings. The third kappa shape index (κ3) is 4.10. The predicted octanol–water partition coefficient (Wildman–Crippen LogP) is 4.82. The van der Waals surface area contributed by atoms with E-state index in [-0.39, 0.29) is 5.91 Å². The van der Waals surface area contributed by atoms with E-state index in [1.54, 1.807) is 18.9 Å². The number of fused-ring (bicyclic) bond motifs is 1. The maximum atomic E-state index is 12.0.